The second-order valence-electron chi connectivity index (χ2n) is 7.98. The van der Waals surface area contributed by atoms with Crippen LogP contribution in [0.15, 0.2) is 41.3 Å². The van der Waals surface area contributed by atoms with Gasteiger partial charge in [0.25, 0.3) is 5.91 Å². The molecule has 1 saturated heterocycles. The fourth-order valence-electron chi connectivity index (χ4n) is 4.07. The van der Waals surface area contributed by atoms with Crippen LogP contribution < -0.4 is 9.47 Å². The van der Waals surface area contributed by atoms with Crippen molar-refractivity contribution in [3.63, 3.8) is 0 Å². The highest BCUT2D eigenvalue weighted by Gasteiger charge is 2.27. The Morgan fingerprint density at radius 2 is 1.68 bits per heavy atom. The Morgan fingerprint density at radius 3 is 2.26 bits per heavy atom. The van der Waals surface area contributed by atoms with Gasteiger partial charge in [-0.15, -0.1) is 0 Å². The van der Waals surface area contributed by atoms with Crippen molar-refractivity contribution in [2.45, 2.75) is 25.3 Å². The van der Waals surface area contributed by atoms with E-state index in [2.05, 4.69) is 4.90 Å². The number of piperazine rings is 1. The van der Waals surface area contributed by atoms with E-state index < -0.39 is 10.0 Å². The summed E-state index contributed by atoms with van der Waals surface area (Å²) in [6.07, 6.45) is 0. The van der Waals surface area contributed by atoms with Crippen LogP contribution in [0.4, 0.5) is 0 Å². The van der Waals surface area contributed by atoms with Crippen LogP contribution >= 0.6 is 11.6 Å². The Bertz CT molecular complexity index is 1110. The van der Waals surface area contributed by atoms with Crippen LogP contribution in [0.25, 0.3) is 0 Å². The SMILES string of the molecule is CCN(CC)S(=O)(=O)c1ccc(Cl)c(C(=O)N2CCN(Cc3cc(OC)ccc3OC)CC2)c1. The molecule has 1 heterocycles. The Labute approximate surface area is 207 Å². The Kier molecular flexibility index (Phi) is 8.81. The number of hydrogen-bond acceptors (Lipinski definition) is 6. The van der Waals surface area contributed by atoms with E-state index in [1.807, 2.05) is 18.2 Å². The van der Waals surface area contributed by atoms with Crippen LogP contribution in [0.3, 0.4) is 0 Å². The number of carbonyl (C=O) groups excluding carboxylic acids is 1. The van der Waals surface area contributed by atoms with Gasteiger partial charge >= 0.3 is 0 Å². The predicted molar refractivity (Wildman–Crippen MR) is 132 cm³/mol. The number of amides is 1. The van der Waals surface area contributed by atoms with Gasteiger partial charge in [0.2, 0.25) is 10.0 Å². The molecule has 0 aromatic heterocycles. The number of sulfonamides is 1. The molecule has 0 bridgehead atoms. The number of ether oxygens (including phenoxy) is 2. The van der Waals surface area contributed by atoms with Crippen LogP contribution in [-0.4, -0.2) is 81.9 Å². The number of carbonyl (C=O) groups is 1. The van der Waals surface area contributed by atoms with Gasteiger partial charge in [0, 0.05) is 51.4 Å². The number of nitrogens with zero attached hydrogens (tertiary/aromatic N) is 3. The Morgan fingerprint density at radius 1 is 1.00 bits per heavy atom. The molecule has 186 valence electrons. The fraction of sp³-hybridized carbons (Fsp3) is 0.458. The minimum absolute atomic E-state index is 0.0766. The average molecular weight is 510 g/mol. The molecule has 1 amide bonds. The van der Waals surface area contributed by atoms with E-state index in [0.29, 0.717) is 45.8 Å². The smallest absolute Gasteiger partial charge is 0.255 e. The van der Waals surface area contributed by atoms with Crippen molar-refractivity contribution in [3.8, 4) is 11.5 Å². The van der Waals surface area contributed by atoms with Gasteiger partial charge in [-0.25, -0.2) is 8.42 Å². The lowest BCUT2D eigenvalue weighted by atomic mass is 10.1. The van der Waals surface area contributed by atoms with E-state index >= 15 is 0 Å². The molecule has 2 aromatic rings. The number of rotatable bonds is 9. The summed E-state index contributed by atoms with van der Waals surface area (Å²) in [6, 6.07) is 10.0. The highest BCUT2D eigenvalue weighted by Crippen LogP contribution is 2.27. The van der Waals surface area contributed by atoms with E-state index in [1.165, 1.54) is 22.5 Å². The summed E-state index contributed by atoms with van der Waals surface area (Å²) >= 11 is 6.31. The van der Waals surface area contributed by atoms with Crippen molar-refractivity contribution < 1.29 is 22.7 Å². The molecule has 0 radical (unpaired) electrons. The molecule has 0 saturated carbocycles. The third kappa shape index (κ3) is 5.66. The highest BCUT2D eigenvalue weighted by molar-refractivity contribution is 7.89. The molecule has 0 unspecified atom stereocenters. The average Bonchev–Trinajstić information content (AvgIpc) is 2.84. The van der Waals surface area contributed by atoms with Gasteiger partial charge < -0.3 is 14.4 Å². The lowest BCUT2D eigenvalue weighted by molar-refractivity contribution is 0.0627. The number of benzene rings is 2. The molecule has 0 spiro atoms. The third-order valence-electron chi connectivity index (χ3n) is 6.05. The first-order valence-electron chi connectivity index (χ1n) is 11.3. The number of methoxy groups -OCH3 is 2. The standard InChI is InChI=1S/C24H32ClN3O5S/c1-5-28(6-2)34(30,31)20-8-9-22(25)21(16-20)24(29)27-13-11-26(12-14-27)17-18-15-19(32-3)7-10-23(18)33-4/h7-10,15-16H,5-6,11-14,17H2,1-4H3. The fourth-order valence-corrected chi connectivity index (χ4v) is 5.75. The summed E-state index contributed by atoms with van der Waals surface area (Å²) < 4.78 is 38.0. The molecule has 0 N–H and O–H groups in total. The van der Waals surface area contributed by atoms with Crippen LogP contribution in [0, 0.1) is 0 Å². The Balaban J connectivity index is 1.71. The van der Waals surface area contributed by atoms with Crippen LogP contribution in [0.2, 0.25) is 5.02 Å². The van der Waals surface area contributed by atoms with E-state index in [1.54, 1.807) is 33.0 Å². The van der Waals surface area contributed by atoms with E-state index in [4.69, 9.17) is 21.1 Å². The quantitative estimate of drug-likeness (QED) is 0.516. The molecule has 3 rings (SSSR count). The molecule has 34 heavy (non-hydrogen) atoms. The number of halogens is 1. The van der Waals surface area contributed by atoms with Crippen molar-refractivity contribution in [1.82, 2.24) is 14.1 Å². The summed E-state index contributed by atoms with van der Waals surface area (Å²) in [5.41, 5.74) is 1.22. The molecule has 1 fully saturated rings. The van der Waals surface area contributed by atoms with Crippen molar-refractivity contribution in [1.29, 1.82) is 0 Å². The summed E-state index contributed by atoms with van der Waals surface area (Å²) in [7, 11) is -0.419. The van der Waals surface area contributed by atoms with E-state index in [0.717, 1.165) is 17.1 Å². The maximum Gasteiger partial charge on any atom is 0.255 e. The normalized spacial score (nSPS) is 14.9. The topological polar surface area (TPSA) is 79.4 Å². The zero-order valence-electron chi connectivity index (χ0n) is 20.1. The van der Waals surface area contributed by atoms with E-state index in [-0.39, 0.29) is 21.4 Å². The molecule has 2 aromatic carbocycles. The minimum Gasteiger partial charge on any atom is -0.497 e. The molecule has 0 atom stereocenters. The zero-order valence-corrected chi connectivity index (χ0v) is 21.7. The maximum absolute atomic E-state index is 13.2. The first-order valence-corrected chi connectivity index (χ1v) is 13.1. The summed E-state index contributed by atoms with van der Waals surface area (Å²) in [5, 5.41) is 0.243. The monoisotopic (exact) mass is 509 g/mol. The van der Waals surface area contributed by atoms with Crippen LogP contribution in [0.1, 0.15) is 29.8 Å². The molecule has 10 heteroatoms. The molecular weight excluding hydrogens is 478 g/mol. The van der Waals surface area contributed by atoms with Gasteiger partial charge in [-0.3, -0.25) is 9.69 Å². The van der Waals surface area contributed by atoms with Gasteiger partial charge in [0.15, 0.2) is 0 Å². The first kappa shape index (κ1) is 26.3. The zero-order chi connectivity index (χ0) is 24.9. The van der Waals surface area contributed by atoms with Crippen molar-refractivity contribution in [2.24, 2.45) is 0 Å². The number of hydrogen-bond donors (Lipinski definition) is 0. The molecule has 0 aliphatic carbocycles. The van der Waals surface area contributed by atoms with Crippen molar-refractivity contribution in [3.05, 3.63) is 52.5 Å². The van der Waals surface area contributed by atoms with Gasteiger partial charge in [-0.2, -0.15) is 4.31 Å². The summed E-state index contributed by atoms with van der Waals surface area (Å²) in [5.74, 6) is 1.29. The molecule has 1 aliphatic heterocycles. The van der Waals surface area contributed by atoms with Gasteiger partial charge in [-0.1, -0.05) is 25.4 Å². The second-order valence-corrected chi connectivity index (χ2v) is 10.3. The highest BCUT2D eigenvalue weighted by atomic mass is 35.5. The van der Waals surface area contributed by atoms with Gasteiger partial charge in [0.1, 0.15) is 11.5 Å². The van der Waals surface area contributed by atoms with Crippen LogP contribution in [-0.2, 0) is 16.6 Å². The van der Waals surface area contributed by atoms with Crippen LogP contribution in [0.5, 0.6) is 11.5 Å². The first-order chi connectivity index (χ1) is 16.2. The van der Waals surface area contributed by atoms with Crippen molar-refractivity contribution in [2.75, 3.05) is 53.5 Å². The molecule has 1 aliphatic rings. The van der Waals surface area contributed by atoms with E-state index in [9.17, 15) is 13.2 Å². The van der Waals surface area contributed by atoms with Gasteiger partial charge in [-0.05, 0) is 36.4 Å². The lowest BCUT2D eigenvalue weighted by Gasteiger charge is -2.35. The summed E-state index contributed by atoms with van der Waals surface area (Å²) in [4.78, 5) is 17.3. The minimum atomic E-state index is -3.69. The van der Waals surface area contributed by atoms with Gasteiger partial charge in [0.05, 0.1) is 29.7 Å². The largest absolute Gasteiger partial charge is 0.497 e. The molecular formula is C24H32ClN3O5S. The second kappa shape index (κ2) is 11.4. The van der Waals surface area contributed by atoms with Crippen molar-refractivity contribution >= 4 is 27.5 Å². The third-order valence-corrected chi connectivity index (χ3v) is 8.43. The maximum atomic E-state index is 13.2. The molecule has 8 nitrogen and oxygen atoms in total. The summed E-state index contributed by atoms with van der Waals surface area (Å²) in [6.45, 7) is 7.29. The predicted octanol–water partition coefficient (Wildman–Crippen LogP) is 3.35. The lowest BCUT2D eigenvalue weighted by Crippen LogP contribution is -2.48. The Hall–Kier alpha value is -2.33.